The van der Waals surface area contributed by atoms with Gasteiger partial charge in [0.1, 0.15) is 0 Å². The van der Waals surface area contributed by atoms with Crippen LogP contribution in [0.2, 0.25) is 0 Å². The normalized spacial score (nSPS) is 34.0. The average Bonchev–Trinajstić information content (AvgIpc) is 2.46. The molecule has 0 amide bonds. The first kappa shape index (κ1) is 5.72. The van der Waals surface area contributed by atoms with Gasteiger partial charge in [-0.05, 0) is 43.1 Å². The van der Waals surface area contributed by atoms with Crippen LogP contribution in [0.25, 0.3) is 0 Å². The van der Waals surface area contributed by atoms with E-state index in [4.69, 9.17) is 5.73 Å². The fraction of sp³-hybridized carbons (Fsp3) is 1.00. The van der Waals surface area contributed by atoms with Crippen LogP contribution in [-0.4, -0.2) is 6.54 Å². The third-order valence-corrected chi connectivity index (χ3v) is 3.05. The fourth-order valence-corrected chi connectivity index (χ4v) is 2.43. The maximum absolute atomic E-state index is 5.62. The summed E-state index contributed by atoms with van der Waals surface area (Å²) in [6, 6.07) is 0. The molecule has 0 aliphatic heterocycles. The first-order chi connectivity index (χ1) is 4.18. The lowest BCUT2D eigenvalue weighted by Gasteiger charge is -2.45. The van der Waals surface area contributed by atoms with E-state index in [0.29, 0.717) is 5.41 Å². The maximum atomic E-state index is 5.62. The van der Waals surface area contributed by atoms with Gasteiger partial charge in [0.2, 0.25) is 0 Å². The predicted molar refractivity (Wildman–Crippen MR) is 38.1 cm³/mol. The van der Waals surface area contributed by atoms with Crippen molar-refractivity contribution in [1.82, 2.24) is 0 Å². The Kier molecular flexibility index (Phi) is 0.852. The predicted octanol–water partition coefficient (Wildman–Crippen LogP) is 1.53. The van der Waals surface area contributed by atoms with Crippen molar-refractivity contribution in [1.29, 1.82) is 0 Å². The largest absolute Gasteiger partial charge is 0.330 e. The molecule has 0 aromatic rings. The van der Waals surface area contributed by atoms with E-state index >= 15 is 0 Å². The molecule has 2 fully saturated rings. The van der Waals surface area contributed by atoms with Gasteiger partial charge in [-0.3, -0.25) is 0 Å². The fourth-order valence-electron chi connectivity index (χ4n) is 2.43. The summed E-state index contributed by atoms with van der Waals surface area (Å²) in [5.74, 6) is 0. The molecule has 1 spiro atoms. The highest BCUT2D eigenvalue weighted by atomic mass is 14.7. The minimum atomic E-state index is 0.538. The van der Waals surface area contributed by atoms with Crippen LogP contribution in [0, 0.1) is 10.8 Å². The Labute approximate surface area is 56.6 Å². The van der Waals surface area contributed by atoms with Crippen molar-refractivity contribution in [3.63, 3.8) is 0 Å². The SMILES string of the molecule is CC1(CN)CC2(CC2)C1. The van der Waals surface area contributed by atoms with E-state index in [1.54, 1.807) is 0 Å². The van der Waals surface area contributed by atoms with E-state index in [2.05, 4.69) is 6.92 Å². The Bertz CT molecular complexity index is 128. The summed E-state index contributed by atoms with van der Waals surface area (Å²) >= 11 is 0. The minimum Gasteiger partial charge on any atom is -0.330 e. The molecule has 0 saturated heterocycles. The highest BCUT2D eigenvalue weighted by molar-refractivity contribution is 5.09. The van der Waals surface area contributed by atoms with Crippen molar-refractivity contribution in [3.8, 4) is 0 Å². The summed E-state index contributed by atoms with van der Waals surface area (Å²) in [6.07, 6.45) is 5.80. The van der Waals surface area contributed by atoms with E-state index in [-0.39, 0.29) is 0 Å². The Balaban J connectivity index is 1.95. The molecule has 52 valence electrons. The molecule has 2 aliphatic rings. The molecule has 0 aromatic heterocycles. The monoisotopic (exact) mass is 125 g/mol. The summed E-state index contributed by atoms with van der Waals surface area (Å²) in [6.45, 7) is 3.21. The highest BCUT2D eigenvalue weighted by Gasteiger charge is 2.57. The third-order valence-electron chi connectivity index (χ3n) is 3.05. The molecular weight excluding hydrogens is 110 g/mol. The molecule has 0 aromatic carbocycles. The van der Waals surface area contributed by atoms with Gasteiger partial charge in [0.05, 0.1) is 0 Å². The highest BCUT2D eigenvalue weighted by Crippen LogP contribution is 2.67. The second-order valence-corrected chi connectivity index (χ2v) is 4.37. The van der Waals surface area contributed by atoms with Crippen LogP contribution in [-0.2, 0) is 0 Å². The van der Waals surface area contributed by atoms with E-state index in [1.165, 1.54) is 25.7 Å². The smallest absolute Gasteiger partial charge is 0.00228 e. The Hall–Kier alpha value is -0.0400. The van der Waals surface area contributed by atoms with Gasteiger partial charge in [0.25, 0.3) is 0 Å². The Morgan fingerprint density at radius 1 is 1.33 bits per heavy atom. The van der Waals surface area contributed by atoms with Crippen LogP contribution in [0.15, 0.2) is 0 Å². The molecular formula is C8H15N. The lowest BCUT2D eigenvalue weighted by Crippen LogP contribution is -2.41. The molecule has 0 unspecified atom stereocenters. The van der Waals surface area contributed by atoms with Crippen molar-refractivity contribution in [3.05, 3.63) is 0 Å². The van der Waals surface area contributed by atoms with Gasteiger partial charge in [-0.1, -0.05) is 6.92 Å². The van der Waals surface area contributed by atoms with E-state index in [1.807, 2.05) is 0 Å². The molecule has 2 N–H and O–H groups in total. The summed E-state index contributed by atoms with van der Waals surface area (Å²) < 4.78 is 0. The molecule has 2 rings (SSSR count). The molecule has 0 atom stereocenters. The molecule has 0 bridgehead atoms. The lowest BCUT2D eigenvalue weighted by molar-refractivity contribution is 0.0645. The first-order valence-corrected chi connectivity index (χ1v) is 3.88. The van der Waals surface area contributed by atoms with Crippen LogP contribution in [0.3, 0.4) is 0 Å². The van der Waals surface area contributed by atoms with Gasteiger partial charge < -0.3 is 5.73 Å². The van der Waals surface area contributed by atoms with Crippen LogP contribution >= 0.6 is 0 Å². The topological polar surface area (TPSA) is 26.0 Å². The van der Waals surface area contributed by atoms with Crippen molar-refractivity contribution >= 4 is 0 Å². The van der Waals surface area contributed by atoms with Crippen LogP contribution in [0.5, 0.6) is 0 Å². The van der Waals surface area contributed by atoms with Crippen LogP contribution in [0.4, 0.5) is 0 Å². The van der Waals surface area contributed by atoms with E-state index in [0.717, 1.165) is 12.0 Å². The van der Waals surface area contributed by atoms with Crippen molar-refractivity contribution in [2.24, 2.45) is 16.6 Å². The van der Waals surface area contributed by atoms with Crippen LogP contribution < -0.4 is 5.73 Å². The number of hydrogen-bond acceptors (Lipinski definition) is 1. The number of nitrogens with two attached hydrogens (primary N) is 1. The average molecular weight is 125 g/mol. The first-order valence-electron chi connectivity index (χ1n) is 3.88. The van der Waals surface area contributed by atoms with Gasteiger partial charge in [-0.25, -0.2) is 0 Å². The van der Waals surface area contributed by atoms with Gasteiger partial charge in [-0.2, -0.15) is 0 Å². The molecule has 2 saturated carbocycles. The minimum absolute atomic E-state index is 0.538. The lowest BCUT2D eigenvalue weighted by atomic mass is 9.61. The molecule has 0 heterocycles. The summed E-state index contributed by atoms with van der Waals surface area (Å²) in [5.41, 5.74) is 6.98. The maximum Gasteiger partial charge on any atom is -0.00228 e. The van der Waals surface area contributed by atoms with E-state index < -0.39 is 0 Å². The second kappa shape index (κ2) is 1.34. The van der Waals surface area contributed by atoms with Crippen molar-refractivity contribution < 1.29 is 0 Å². The molecule has 1 nitrogen and oxygen atoms in total. The third kappa shape index (κ3) is 0.710. The standard InChI is InChI=1S/C8H15N/c1-7(6-9)4-8(5-7)2-3-8/h2-6,9H2,1H3. The summed E-state index contributed by atoms with van der Waals surface area (Å²) in [5, 5.41) is 0. The Morgan fingerprint density at radius 2 is 1.89 bits per heavy atom. The second-order valence-electron chi connectivity index (χ2n) is 4.37. The van der Waals surface area contributed by atoms with Crippen molar-refractivity contribution in [2.45, 2.75) is 32.6 Å². The molecule has 1 heteroatoms. The van der Waals surface area contributed by atoms with E-state index in [9.17, 15) is 0 Å². The molecule has 9 heavy (non-hydrogen) atoms. The van der Waals surface area contributed by atoms with Gasteiger partial charge in [0, 0.05) is 0 Å². The van der Waals surface area contributed by atoms with Gasteiger partial charge >= 0.3 is 0 Å². The zero-order valence-corrected chi connectivity index (χ0v) is 6.11. The zero-order chi connectivity index (χ0) is 6.54. The molecule has 2 aliphatic carbocycles. The number of hydrogen-bond donors (Lipinski definition) is 1. The Morgan fingerprint density at radius 3 is 2.22 bits per heavy atom. The van der Waals surface area contributed by atoms with Crippen molar-refractivity contribution in [2.75, 3.05) is 6.54 Å². The van der Waals surface area contributed by atoms with Gasteiger partial charge in [0.15, 0.2) is 0 Å². The summed E-state index contributed by atoms with van der Waals surface area (Å²) in [4.78, 5) is 0. The zero-order valence-electron chi connectivity index (χ0n) is 6.11. The quantitative estimate of drug-likeness (QED) is 0.565. The summed E-state index contributed by atoms with van der Waals surface area (Å²) in [7, 11) is 0. The number of rotatable bonds is 1. The molecule has 0 radical (unpaired) electrons. The van der Waals surface area contributed by atoms with Crippen LogP contribution in [0.1, 0.15) is 32.6 Å². The van der Waals surface area contributed by atoms with Gasteiger partial charge in [-0.15, -0.1) is 0 Å².